The molecule has 0 spiro atoms. The van der Waals surface area contributed by atoms with Crippen LogP contribution in [0.4, 0.5) is 4.79 Å². The molecular formula is C23H25N3O3. The molecule has 0 aromatic heterocycles. The smallest absolute Gasteiger partial charge is 0.410 e. The van der Waals surface area contributed by atoms with Crippen molar-refractivity contribution in [2.45, 2.75) is 26.9 Å². The monoisotopic (exact) mass is 391 g/mol. The van der Waals surface area contributed by atoms with Crippen LogP contribution in [0.5, 0.6) is 0 Å². The van der Waals surface area contributed by atoms with Gasteiger partial charge in [-0.1, -0.05) is 42.5 Å². The maximum atomic E-state index is 12.4. The third-order valence-electron chi connectivity index (χ3n) is 4.89. The fraction of sp³-hybridized carbons (Fsp3) is 0.261. The predicted octanol–water partition coefficient (Wildman–Crippen LogP) is 3.91. The summed E-state index contributed by atoms with van der Waals surface area (Å²) >= 11 is 0. The first-order chi connectivity index (χ1) is 13.9. The molecule has 150 valence electrons. The highest BCUT2D eigenvalue weighted by Gasteiger charge is 2.22. The Hall–Kier alpha value is -3.41. The molecule has 0 unspecified atom stereocenters. The molecule has 6 nitrogen and oxygen atoms in total. The zero-order chi connectivity index (χ0) is 20.8. The average Bonchev–Trinajstić information content (AvgIpc) is 2.74. The van der Waals surface area contributed by atoms with Gasteiger partial charge in [-0.15, -0.1) is 0 Å². The van der Waals surface area contributed by atoms with E-state index in [-0.39, 0.29) is 12.7 Å². The highest BCUT2D eigenvalue weighted by molar-refractivity contribution is 6.00. The van der Waals surface area contributed by atoms with E-state index < -0.39 is 5.91 Å². The van der Waals surface area contributed by atoms with E-state index in [0.29, 0.717) is 25.1 Å². The fourth-order valence-corrected chi connectivity index (χ4v) is 3.17. The second kappa shape index (κ2) is 9.19. The molecule has 3 rings (SSSR count). The molecule has 0 fully saturated rings. The quantitative estimate of drug-likeness (QED) is 0.784. The summed E-state index contributed by atoms with van der Waals surface area (Å²) in [5.74, 6) is -0.448. The number of amides is 2. The second-order valence-corrected chi connectivity index (χ2v) is 7.08. The first kappa shape index (κ1) is 20.3. The van der Waals surface area contributed by atoms with Crippen molar-refractivity contribution >= 4 is 17.7 Å². The number of hydrogen-bond acceptors (Lipinski definition) is 4. The lowest BCUT2D eigenvalue weighted by atomic mass is 10.1. The largest absolute Gasteiger partial charge is 0.445 e. The number of carbonyl (C=O) groups excluding carboxylic acids is 2. The van der Waals surface area contributed by atoms with Crippen LogP contribution in [-0.2, 0) is 11.3 Å². The Labute approximate surface area is 170 Å². The lowest BCUT2D eigenvalue weighted by Gasteiger charge is -2.28. The van der Waals surface area contributed by atoms with E-state index in [1.165, 1.54) is 0 Å². The fourth-order valence-electron chi connectivity index (χ4n) is 3.17. The van der Waals surface area contributed by atoms with E-state index in [1.54, 1.807) is 17.0 Å². The molecule has 2 amide bonds. The van der Waals surface area contributed by atoms with Crippen molar-refractivity contribution in [3.8, 4) is 0 Å². The van der Waals surface area contributed by atoms with Gasteiger partial charge in [0.1, 0.15) is 6.61 Å². The molecule has 0 saturated carbocycles. The van der Waals surface area contributed by atoms with Gasteiger partial charge in [-0.2, -0.15) is 0 Å². The van der Waals surface area contributed by atoms with Gasteiger partial charge >= 0.3 is 6.09 Å². The molecule has 2 aromatic rings. The minimum atomic E-state index is -0.448. The summed E-state index contributed by atoms with van der Waals surface area (Å²) in [5.41, 5.74) is 10.5. The van der Waals surface area contributed by atoms with E-state index >= 15 is 0 Å². The van der Waals surface area contributed by atoms with Crippen LogP contribution in [0.2, 0.25) is 0 Å². The SMILES string of the molecule is CC(=NC1=C(C)CN(C(=O)OCc2ccccc2)CC1)c1ccc(C(N)=O)cc1. The van der Waals surface area contributed by atoms with Crippen LogP contribution >= 0.6 is 0 Å². The number of nitrogens with zero attached hydrogens (tertiary/aromatic N) is 2. The standard InChI is InChI=1S/C23H25N3O3/c1-16-14-26(23(28)29-15-18-6-4-3-5-7-18)13-12-21(16)25-17(2)19-8-10-20(11-9-19)22(24)27/h3-11H,12-15H2,1-2H3,(H2,24,27). The molecule has 1 heterocycles. The lowest BCUT2D eigenvalue weighted by Crippen LogP contribution is -2.36. The van der Waals surface area contributed by atoms with E-state index in [2.05, 4.69) is 0 Å². The summed E-state index contributed by atoms with van der Waals surface area (Å²) in [6, 6.07) is 16.7. The Bertz CT molecular complexity index is 947. The Morgan fingerprint density at radius 2 is 1.72 bits per heavy atom. The van der Waals surface area contributed by atoms with Crippen LogP contribution in [0.15, 0.2) is 70.9 Å². The van der Waals surface area contributed by atoms with Gasteiger partial charge in [-0.05, 0) is 42.7 Å². The van der Waals surface area contributed by atoms with Gasteiger partial charge in [0.05, 0.1) is 0 Å². The van der Waals surface area contributed by atoms with Crippen LogP contribution in [-0.4, -0.2) is 35.7 Å². The summed E-state index contributed by atoms with van der Waals surface area (Å²) in [6.07, 6.45) is 0.359. The molecule has 0 saturated heterocycles. The molecule has 0 aliphatic carbocycles. The highest BCUT2D eigenvalue weighted by atomic mass is 16.6. The normalized spacial score (nSPS) is 14.7. The second-order valence-electron chi connectivity index (χ2n) is 7.08. The van der Waals surface area contributed by atoms with Crippen LogP contribution in [0, 0.1) is 0 Å². The highest BCUT2D eigenvalue weighted by Crippen LogP contribution is 2.21. The summed E-state index contributed by atoms with van der Waals surface area (Å²) in [5, 5.41) is 0. The molecule has 0 bridgehead atoms. The van der Waals surface area contributed by atoms with Crippen molar-refractivity contribution < 1.29 is 14.3 Å². The number of rotatable bonds is 5. The van der Waals surface area contributed by atoms with Crippen LogP contribution < -0.4 is 5.73 Å². The van der Waals surface area contributed by atoms with Gasteiger partial charge in [0.25, 0.3) is 0 Å². The molecule has 2 aromatic carbocycles. The van der Waals surface area contributed by atoms with Crippen molar-refractivity contribution in [2.75, 3.05) is 13.1 Å². The topological polar surface area (TPSA) is 85.0 Å². The number of hydrogen-bond donors (Lipinski definition) is 1. The predicted molar refractivity (Wildman–Crippen MR) is 113 cm³/mol. The van der Waals surface area contributed by atoms with Crippen molar-refractivity contribution in [3.63, 3.8) is 0 Å². The van der Waals surface area contributed by atoms with Gasteiger partial charge in [0.2, 0.25) is 5.91 Å². The average molecular weight is 391 g/mol. The molecule has 1 aliphatic heterocycles. The van der Waals surface area contributed by atoms with Gasteiger partial charge in [-0.3, -0.25) is 9.79 Å². The van der Waals surface area contributed by atoms with E-state index in [4.69, 9.17) is 15.5 Å². The van der Waals surface area contributed by atoms with Gasteiger partial charge < -0.3 is 15.4 Å². The third kappa shape index (κ3) is 5.31. The molecular weight excluding hydrogens is 366 g/mol. The molecule has 0 radical (unpaired) electrons. The zero-order valence-corrected chi connectivity index (χ0v) is 16.7. The number of carbonyl (C=O) groups is 2. The van der Waals surface area contributed by atoms with E-state index in [9.17, 15) is 9.59 Å². The van der Waals surface area contributed by atoms with Crippen molar-refractivity contribution in [3.05, 3.63) is 82.6 Å². The Balaban J connectivity index is 1.62. The molecule has 2 N–H and O–H groups in total. The van der Waals surface area contributed by atoms with Crippen molar-refractivity contribution in [1.82, 2.24) is 4.90 Å². The molecule has 6 heteroatoms. The van der Waals surface area contributed by atoms with Gasteiger partial charge in [-0.25, -0.2) is 4.79 Å². The van der Waals surface area contributed by atoms with Crippen LogP contribution in [0.1, 0.15) is 41.8 Å². The molecule has 29 heavy (non-hydrogen) atoms. The van der Waals surface area contributed by atoms with Crippen molar-refractivity contribution in [1.29, 1.82) is 0 Å². The van der Waals surface area contributed by atoms with Crippen molar-refractivity contribution in [2.24, 2.45) is 10.7 Å². The van der Waals surface area contributed by atoms with Gasteiger partial charge in [0, 0.05) is 36.5 Å². The minimum absolute atomic E-state index is 0.268. The Morgan fingerprint density at radius 3 is 2.34 bits per heavy atom. The number of primary amides is 1. The van der Waals surface area contributed by atoms with Crippen LogP contribution in [0.3, 0.4) is 0 Å². The summed E-state index contributed by atoms with van der Waals surface area (Å²) < 4.78 is 5.42. The first-order valence-electron chi connectivity index (χ1n) is 9.54. The summed E-state index contributed by atoms with van der Waals surface area (Å²) in [4.78, 5) is 30.0. The van der Waals surface area contributed by atoms with E-state index in [1.807, 2.05) is 56.3 Å². The molecule has 1 aliphatic rings. The zero-order valence-electron chi connectivity index (χ0n) is 16.7. The number of aliphatic imine (C=N–C) groups is 1. The number of benzene rings is 2. The summed E-state index contributed by atoms with van der Waals surface area (Å²) in [6.45, 7) is 5.25. The minimum Gasteiger partial charge on any atom is -0.445 e. The third-order valence-corrected chi connectivity index (χ3v) is 4.89. The summed E-state index contributed by atoms with van der Waals surface area (Å²) in [7, 11) is 0. The Kier molecular flexibility index (Phi) is 6.44. The first-order valence-corrected chi connectivity index (χ1v) is 9.54. The maximum absolute atomic E-state index is 12.4. The van der Waals surface area contributed by atoms with Gasteiger partial charge in [0.15, 0.2) is 0 Å². The number of nitrogens with two attached hydrogens (primary N) is 1. The molecule has 0 atom stereocenters. The lowest BCUT2D eigenvalue weighted by molar-refractivity contribution is 0.0975. The maximum Gasteiger partial charge on any atom is 0.410 e. The van der Waals surface area contributed by atoms with Crippen LogP contribution in [0.25, 0.3) is 0 Å². The Morgan fingerprint density at radius 1 is 1.07 bits per heavy atom. The number of ether oxygens (including phenoxy) is 1. The van der Waals surface area contributed by atoms with E-state index in [0.717, 1.165) is 28.1 Å².